The van der Waals surface area contributed by atoms with Gasteiger partial charge >= 0.3 is 0 Å². The van der Waals surface area contributed by atoms with Crippen LogP contribution in [-0.2, 0) is 13.6 Å². The zero-order chi connectivity index (χ0) is 14.1. The Bertz CT molecular complexity index is 574. The van der Waals surface area contributed by atoms with Crippen LogP contribution in [0.25, 0.3) is 0 Å². The summed E-state index contributed by atoms with van der Waals surface area (Å²) in [6, 6.07) is 0.289. The van der Waals surface area contributed by atoms with Crippen LogP contribution in [0.5, 0.6) is 0 Å². The molecule has 3 rings (SSSR count). The lowest BCUT2D eigenvalue weighted by Crippen LogP contribution is -2.46. The molecule has 0 spiro atoms. The van der Waals surface area contributed by atoms with Crippen LogP contribution in [0, 0.1) is 13.8 Å². The second kappa shape index (κ2) is 6.60. The second-order valence-corrected chi connectivity index (χ2v) is 5.39. The number of aromatic nitrogens is 3. The van der Waals surface area contributed by atoms with Crippen molar-refractivity contribution in [3.63, 3.8) is 0 Å². The summed E-state index contributed by atoms with van der Waals surface area (Å²) in [5, 5.41) is 7.50. The molecule has 0 bridgehead atoms. The lowest BCUT2D eigenvalue weighted by atomic mass is 10.1. The van der Waals surface area contributed by atoms with E-state index in [0.29, 0.717) is 0 Å². The highest BCUT2D eigenvalue weighted by Gasteiger charge is 2.28. The lowest BCUT2D eigenvalue weighted by Gasteiger charge is -2.35. The molecule has 3 heterocycles. The fourth-order valence-corrected chi connectivity index (χ4v) is 2.82. The van der Waals surface area contributed by atoms with E-state index in [9.17, 15) is 0 Å². The number of nitrogens with one attached hydrogen (secondary N) is 1. The number of hydrogen-bond acceptors (Lipinski definition) is 5. The third kappa shape index (κ3) is 3.12. The zero-order valence-corrected chi connectivity index (χ0v) is 13.5. The van der Waals surface area contributed by atoms with Crippen molar-refractivity contribution in [1.82, 2.24) is 24.9 Å². The highest BCUT2D eigenvalue weighted by atomic mass is 35.5. The van der Waals surface area contributed by atoms with Crippen LogP contribution in [0.3, 0.4) is 0 Å². The first-order valence-electron chi connectivity index (χ1n) is 7.00. The molecule has 0 amide bonds. The molecule has 1 aliphatic heterocycles. The first kappa shape index (κ1) is 16.0. The number of aryl methyl sites for hydroxylation is 3. The molecule has 1 saturated heterocycles. The third-order valence-electron chi connectivity index (χ3n) is 4.05. The summed E-state index contributed by atoms with van der Waals surface area (Å²) in [5.41, 5.74) is 2.19. The van der Waals surface area contributed by atoms with Gasteiger partial charge in [0.25, 0.3) is 0 Å². The van der Waals surface area contributed by atoms with E-state index in [4.69, 9.17) is 4.52 Å². The van der Waals surface area contributed by atoms with Gasteiger partial charge in [-0.25, -0.2) is 4.98 Å². The number of imidazole rings is 1. The molecule has 1 aliphatic rings. The Kier molecular flexibility index (Phi) is 5.03. The fourth-order valence-electron chi connectivity index (χ4n) is 2.82. The van der Waals surface area contributed by atoms with Gasteiger partial charge in [-0.15, -0.1) is 12.4 Å². The van der Waals surface area contributed by atoms with Crippen molar-refractivity contribution in [2.24, 2.45) is 7.05 Å². The molecule has 116 valence electrons. The van der Waals surface area contributed by atoms with Crippen LogP contribution in [0.1, 0.15) is 28.9 Å². The Morgan fingerprint density at radius 2 is 2.24 bits per heavy atom. The van der Waals surface area contributed by atoms with Crippen molar-refractivity contribution in [1.29, 1.82) is 0 Å². The van der Waals surface area contributed by atoms with E-state index in [1.54, 1.807) is 0 Å². The van der Waals surface area contributed by atoms with Gasteiger partial charge in [-0.3, -0.25) is 4.90 Å². The van der Waals surface area contributed by atoms with Crippen molar-refractivity contribution in [2.75, 3.05) is 19.6 Å². The Hall–Kier alpha value is -1.37. The summed E-state index contributed by atoms with van der Waals surface area (Å²) in [6.45, 7) is 7.78. The van der Waals surface area contributed by atoms with Gasteiger partial charge in [0, 0.05) is 51.2 Å². The highest BCUT2D eigenvalue weighted by molar-refractivity contribution is 5.85. The molecule has 7 heteroatoms. The largest absolute Gasteiger partial charge is 0.361 e. The number of hydrogen-bond donors (Lipinski definition) is 1. The Balaban J connectivity index is 0.00000161. The minimum atomic E-state index is 0. The van der Waals surface area contributed by atoms with Crippen molar-refractivity contribution in [2.45, 2.75) is 26.4 Å². The average Bonchev–Trinajstić information content (AvgIpc) is 3.00. The summed E-state index contributed by atoms with van der Waals surface area (Å²) in [7, 11) is 2.05. The van der Waals surface area contributed by atoms with E-state index in [1.807, 2.05) is 33.3 Å². The molecule has 1 N–H and O–H groups in total. The van der Waals surface area contributed by atoms with E-state index < -0.39 is 0 Å². The lowest BCUT2D eigenvalue weighted by molar-refractivity contribution is 0.144. The fraction of sp³-hybridized carbons (Fsp3) is 0.571. The number of piperazine rings is 1. The summed E-state index contributed by atoms with van der Waals surface area (Å²) >= 11 is 0. The molecule has 2 aromatic heterocycles. The maximum Gasteiger partial charge on any atom is 0.138 e. The van der Waals surface area contributed by atoms with Crippen LogP contribution in [0.2, 0.25) is 0 Å². The molecule has 6 nitrogen and oxygen atoms in total. The molecule has 0 aliphatic carbocycles. The molecular formula is C14H22ClN5O. The molecule has 2 aromatic rings. The van der Waals surface area contributed by atoms with Crippen LogP contribution in [0.4, 0.5) is 0 Å². The zero-order valence-electron chi connectivity index (χ0n) is 12.7. The average molecular weight is 312 g/mol. The van der Waals surface area contributed by atoms with E-state index in [0.717, 1.165) is 43.5 Å². The normalized spacial score (nSPS) is 19.5. The van der Waals surface area contributed by atoms with Gasteiger partial charge in [0.05, 0.1) is 11.7 Å². The van der Waals surface area contributed by atoms with E-state index >= 15 is 0 Å². The van der Waals surface area contributed by atoms with Gasteiger partial charge in [-0.2, -0.15) is 0 Å². The van der Waals surface area contributed by atoms with Crippen LogP contribution >= 0.6 is 12.4 Å². The number of nitrogens with zero attached hydrogens (tertiary/aromatic N) is 4. The van der Waals surface area contributed by atoms with Crippen LogP contribution in [-0.4, -0.2) is 39.2 Å². The first-order valence-corrected chi connectivity index (χ1v) is 7.00. The summed E-state index contributed by atoms with van der Waals surface area (Å²) in [4.78, 5) is 6.96. The van der Waals surface area contributed by atoms with E-state index in [-0.39, 0.29) is 18.4 Å². The predicted molar refractivity (Wildman–Crippen MR) is 82.5 cm³/mol. The summed E-state index contributed by atoms with van der Waals surface area (Å²) in [5.74, 6) is 2.02. The van der Waals surface area contributed by atoms with Gasteiger partial charge in [0.2, 0.25) is 0 Å². The predicted octanol–water partition coefficient (Wildman–Crippen LogP) is 1.59. The standard InChI is InChI=1S/C14H21N5O.ClH/c1-10-12(11(2)20-17-10)9-19-7-4-15-8-13(19)14-16-5-6-18(14)3;/h5-6,13,15H,4,7-9H2,1-3H3;1H. The van der Waals surface area contributed by atoms with Crippen LogP contribution in [0.15, 0.2) is 16.9 Å². The van der Waals surface area contributed by atoms with Crippen molar-refractivity contribution in [3.8, 4) is 0 Å². The Morgan fingerprint density at radius 3 is 2.86 bits per heavy atom. The molecular weight excluding hydrogens is 290 g/mol. The Morgan fingerprint density at radius 1 is 1.43 bits per heavy atom. The van der Waals surface area contributed by atoms with Crippen molar-refractivity contribution in [3.05, 3.63) is 35.2 Å². The Labute approximate surface area is 130 Å². The topological polar surface area (TPSA) is 59.1 Å². The molecule has 21 heavy (non-hydrogen) atoms. The maximum absolute atomic E-state index is 5.27. The second-order valence-electron chi connectivity index (χ2n) is 5.39. The minimum absolute atomic E-state index is 0. The minimum Gasteiger partial charge on any atom is -0.361 e. The van der Waals surface area contributed by atoms with E-state index in [1.165, 1.54) is 5.56 Å². The summed E-state index contributed by atoms with van der Waals surface area (Å²) in [6.07, 6.45) is 3.86. The maximum atomic E-state index is 5.27. The quantitative estimate of drug-likeness (QED) is 0.933. The number of rotatable bonds is 3. The monoisotopic (exact) mass is 311 g/mol. The molecule has 1 atom stereocenters. The molecule has 1 fully saturated rings. The molecule has 0 aromatic carbocycles. The van der Waals surface area contributed by atoms with Crippen molar-refractivity contribution < 1.29 is 4.52 Å². The van der Waals surface area contributed by atoms with E-state index in [2.05, 4.69) is 24.9 Å². The van der Waals surface area contributed by atoms with Gasteiger partial charge in [0.1, 0.15) is 11.6 Å². The van der Waals surface area contributed by atoms with Gasteiger partial charge < -0.3 is 14.4 Å². The highest BCUT2D eigenvalue weighted by Crippen LogP contribution is 2.24. The third-order valence-corrected chi connectivity index (χ3v) is 4.05. The number of halogens is 1. The van der Waals surface area contributed by atoms with Gasteiger partial charge in [-0.05, 0) is 13.8 Å². The SMILES string of the molecule is Cc1noc(C)c1CN1CCNCC1c1nccn1C.Cl. The molecule has 1 unspecified atom stereocenters. The first-order chi connectivity index (χ1) is 9.66. The van der Waals surface area contributed by atoms with Gasteiger partial charge in [0.15, 0.2) is 0 Å². The summed E-state index contributed by atoms with van der Waals surface area (Å²) < 4.78 is 7.37. The molecule has 0 saturated carbocycles. The van der Waals surface area contributed by atoms with Gasteiger partial charge in [-0.1, -0.05) is 5.16 Å². The van der Waals surface area contributed by atoms with Crippen LogP contribution < -0.4 is 5.32 Å². The molecule has 0 radical (unpaired) electrons. The smallest absolute Gasteiger partial charge is 0.138 e. The van der Waals surface area contributed by atoms with Crippen molar-refractivity contribution >= 4 is 12.4 Å².